The molecular weight excluding hydrogens is 347 g/mol. The lowest BCUT2D eigenvalue weighted by atomic mass is 9.92. The summed E-state index contributed by atoms with van der Waals surface area (Å²) in [5, 5.41) is 13.9. The van der Waals surface area contributed by atoms with E-state index < -0.39 is 18.6 Å². The van der Waals surface area contributed by atoms with Crippen molar-refractivity contribution in [3.05, 3.63) is 34.4 Å². The van der Waals surface area contributed by atoms with Crippen molar-refractivity contribution in [1.82, 2.24) is 25.3 Å². The van der Waals surface area contributed by atoms with Gasteiger partial charge in [0.05, 0.1) is 17.8 Å². The van der Waals surface area contributed by atoms with Crippen LogP contribution in [0, 0.1) is 13.8 Å². The van der Waals surface area contributed by atoms with Gasteiger partial charge in [0.25, 0.3) is 0 Å². The Hall–Kier alpha value is -2.32. The van der Waals surface area contributed by atoms with Crippen LogP contribution in [0.2, 0.25) is 0 Å². The molecule has 0 aliphatic heterocycles. The summed E-state index contributed by atoms with van der Waals surface area (Å²) in [7, 11) is 0. The van der Waals surface area contributed by atoms with Crippen LogP contribution in [0.25, 0.3) is 0 Å². The van der Waals surface area contributed by atoms with Gasteiger partial charge in [0.15, 0.2) is 0 Å². The van der Waals surface area contributed by atoms with Crippen molar-refractivity contribution in [2.75, 3.05) is 0 Å². The second-order valence-electron chi connectivity index (χ2n) is 6.90. The highest BCUT2D eigenvalue weighted by atomic mass is 19.4. The van der Waals surface area contributed by atoms with Crippen molar-refractivity contribution in [2.45, 2.75) is 64.7 Å². The molecule has 2 heterocycles. The molecule has 1 aliphatic rings. The molecule has 2 N–H and O–H groups in total. The lowest BCUT2D eigenvalue weighted by Gasteiger charge is -2.24. The van der Waals surface area contributed by atoms with Crippen molar-refractivity contribution in [1.29, 1.82) is 0 Å². The zero-order chi connectivity index (χ0) is 19.1. The lowest BCUT2D eigenvalue weighted by molar-refractivity contribution is -0.143. The van der Waals surface area contributed by atoms with Crippen molar-refractivity contribution in [3.8, 4) is 0 Å². The van der Waals surface area contributed by atoms with Crippen LogP contribution in [0.3, 0.4) is 0 Å². The summed E-state index contributed by atoms with van der Waals surface area (Å²) in [6.45, 7) is 3.76. The average Bonchev–Trinajstić information content (AvgIpc) is 3.10. The van der Waals surface area contributed by atoms with Gasteiger partial charge in [-0.15, -0.1) is 0 Å². The SMILES string of the molecule is Cc1nn(CC(F)(F)F)c(C)c1C(C)C(=O)NC1CCc2cn[nH]c2C1. The Labute approximate surface area is 149 Å². The van der Waals surface area contributed by atoms with Gasteiger partial charge in [-0.3, -0.25) is 14.6 Å². The van der Waals surface area contributed by atoms with Gasteiger partial charge in [-0.2, -0.15) is 23.4 Å². The number of carbonyl (C=O) groups is 1. The molecule has 2 atom stereocenters. The summed E-state index contributed by atoms with van der Waals surface area (Å²) in [6.07, 6.45) is -0.213. The number of rotatable bonds is 4. The van der Waals surface area contributed by atoms with E-state index in [4.69, 9.17) is 0 Å². The van der Waals surface area contributed by atoms with Crippen molar-refractivity contribution in [2.24, 2.45) is 0 Å². The predicted octanol–water partition coefficient (Wildman–Crippen LogP) is 2.56. The highest BCUT2D eigenvalue weighted by Gasteiger charge is 2.32. The fourth-order valence-electron chi connectivity index (χ4n) is 3.65. The molecule has 0 fully saturated rings. The van der Waals surface area contributed by atoms with Crippen LogP contribution in [-0.2, 0) is 24.2 Å². The molecule has 142 valence electrons. The summed E-state index contributed by atoms with van der Waals surface area (Å²) in [6, 6.07) is -0.0104. The molecule has 2 aromatic heterocycles. The standard InChI is InChI=1S/C17H22F3N5O/c1-9(15-10(2)24-25(11(15)3)8-17(18,19)20)16(26)22-13-5-4-12-7-21-23-14(12)6-13/h7,9,13H,4-6,8H2,1-3H3,(H,21,23)(H,22,26). The smallest absolute Gasteiger partial charge is 0.352 e. The predicted molar refractivity (Wildman–Crippen MR) is 88.7 cm³/mol. The maximum Gasteiger partial charge on any atom is 0.408 e. The number of alkyl halides is 3. The van der Waals surface area contributed by atoms with E-state index in [1.54, 1.807) is 27.0 Å². The van der Waals surface area contributed by atoms with E-state index in [2.05, 4.69) is 20.6 Å². The molecule has 26 heavy (non-hydrogen) atoms. The van der Waals surface area contributed by atoms with E-state index in [1.807, 2.05) is 0 Å². The molecule has 2 aromatic rings. The molecular formula is C17H22F3N5O. The minimum Gasteiger partial charge on any atom is -0.352 e. The molecule has 0 saturated carbocycles. The molecule has 3 rings (SSSR count). The van der Waals surface area contributed by atoms with Crippen molar-refractivity contribution >= 4 is 5.91 Å². The zero-order valence-corrected chi connectivity index (χ0v) is 14.9. The third-order valence-corrected chi connectivity index (χ3v) is 4.96. The summed E-state index contributed by atoms with van der Waals surface area (Å²) < 4.78 is 39.0. The Morgan fingerprint density at radius 3 is 2.88 bits per heavy atom. The van der Waals surface area contributed by atoms with Gasteiger partial charge >= 0.3 is 6.18 Å². The van der Waals surface area contributed by atoms with Gasteiger partial charge in [-0.05, 0) is 39.2 Å². The largest absolute Gasteiger partial charge is 0.408 e. The number of carbonyl (C=O) groups excluding carboxylic acids is 1. The molecule has 9 heteroatoms. The highest BCUT2D eigenvalue weighted by Crippen LogP contribution is 2.27. The van der Waals surface area contributed by atoms with Gasteiger partial charge in [0, 0.05) is 29.4 Å². The van der Waals surface area contributed by atoms with E-state index >= 15 is 0 Å². The number of H-pyrrole nitrogens is 1. The third kappa shape index (κ3) is 3.76. The average molecular weight is 369 g/mol. The number of hydrogen-bond donors (Lipinski definition) is 2. The van der Waals surface area contributed by atoms with Gasteiger partial charge in [0.1, 0.15) is 6.54 Å². The Bertz CT molecular complexity index is 808. The molecule has 0 spiro atoms. The first-order valence-corrected chi connectivity index (χ1v) is 8.58. The number of amides is 1. The number of aromatic nitrogens is 4. The number of halogens is 3. The van der Waals surface area contributed by atoms with Crippen LogP contribution in [0.5, 0.6) is 0 Å². The number of fused-ring (bicyclic) bond motifs is 1. The van der Waals surface area contributed by atoms with E-state index in [9.17, 15) is 18.0 Å². The van der Waals surface area contributed by atoms with Crippen molar-refractivity contribution < 1.29 is 18.0 Å². The Kier molecular flexibility index (Phi) is 4.81. The highest BCUT2D eigenvalue weighted by molar-refractivity contribution is 5.84. The first kappa shape index (κ1) is 18.5. The minimum atomic E-state index is -4.35. The van der Waals surface area contributed by atoms with Gasteiger partial charge in [-0.1, -0.05) is 0 Å². The number of aromatic amines is 1. The third-order valence-electron chi connectivity index (χ3n) is 4.96. The number of nitrogens with zero attached hydrogens (tertiary/aromatic N) is 3. The van der Waals surface area contributed by atoms with Gasteiger partial charge in [0.2, 0.25) is 5.91 Å². The van der Waals surface area contributed by atoms with Gasteiger partial charge in [-0.25, -0.2) is 0 Å². The summed E-state index contributed by atoms with van der Waals surface area (Å²) in [5.74, 6) is -0.768. The molecule has 0 saturated heterocycles. The summed E-state index contributed by atoms with van der Waals surface area (Å²) in [4.78, 5) is 12.7. The quantitative estimate of drug-likeness (QED) is 0.870. The summed E-state index contributed by atoms with van der Waals surface area (Å²) in [5.41, 5.74) is 3.59. The minimum absolute atomic E-state index is 0.0104. The van der Waals surface area contributed by atoms with E-state index in [0.29, 0.717) is 23.4 Å². The topological polar surface area (TPSA) is 75.6 Å². The molecule has 0 aromatic carbocycles. The maximum atomic E-state index is 12.7. The Balaban J connectivity index is 1.71. The normalized spacial score (nSPS) is 18.5. The number of aryl methyl sites for hydroxylation is 2. The van der Waals surface area contributed by atoms with Crippen LogP contribution in [-0.4, -0.2) is 38.1 Å². The zero-order valence-electron chi connectivity index (χ0n) is 14.9. The number of nitrogens with one attached hydrogen (secondary N) is 2. The molecule has 1 amide bonds. The molecule has 6 nitrogen and oxygen atoms in total. The van der Waals surface area contributed by atoms with Crippen LogP contribution in [0.15, 0.2) is 6.20 Å². The fraction of sp³-hybridized carbons (Fsp3) is 0.588. The lowest BCUT2D eigenvalue weighted by Crippen LogP contribution is -2.41. The fourth-order valence-corrected chi connectivity index (χ4v) is 3.65. The number of hydrogen-bond acceptors (Lipinski definition) is 3. The van der Waals surface area contributed by atoms with E-state index in [1.165, 1.54) is 5.56 Å². The monoisotopic (exact) mass is 369 g/mol. The van der Waals surface area contributed by atoms with Crippen molar-refractivity contribution in [3.63, 3.8) is 0 Å². The Morgan fingerprint density at radius 2 is 2.19 bits per heavy atom. The van der Waals surface area contributed by atoms with E-state index in [-0.39, 0.29) is 11.9 Å². The second kappa shape index (κ2) is 6.77. The van der Waals surface area contributed by atoms with Crippen LogP contribution in [0.4, 0.5) is 13.2 Å². The molecule has 0 radical (unpaired) electrons. The first-order valence-electron chi connectivity index (χ1n) is 8.58. The van der Waals surface area contributed by atoms with Crippen LogP contribution < -0.4 is 5.32 Å². The first-order chi connectivity index (χ1) is 12.2. The van der Waals surface area contributed by atoms with Gasteiger partial charge < -0.3 is 5.32 Å². The molecule has 0 bridgehead atoms. The van der Waals surface area contributed by atoms with Crippen LogP contribution in [0.1, 0.15) is 47.5 Å². The molecule has 1 aliphatic carbocycles. The Morgan fingerprint density at radius 1 is 1.46 bits per heavy atom. The summed E-state index contributed by atoms with van der Waals surface area (Å²) >= 11 is 0. The van der Waals surface area contributed by atoms with E-state index in [0.717, 1.165) is 23.2 Å². The second-order valence-corrected chi connectivity index (χ2v) is 6.90. The molecule has 2 unspecified atom stereocenters. The van der Waals surface area contributed by atoms with Crippen LogP contribution >= 0.6 is 0 Å². The maximum absolute atomic E-state index is 12.7.